The third-order valence-corrected chi connectivity index (χ3v) is 3.55. The molecule has 0 amide bonds. The molecule has 0 unspecified atom stereocenters. The molecule has 0 aliphatic rings. The number of nitrogens with zero attached hydrogens (tertiary/aromatic N) is 1. The summed E-state index contributed by atoms with van der Waals surface area (Å²) in [7, 11) is 1.70. The standard InChI is InChI=1S/C17H29N3O2.HI/c1-7-18-16(20-11-17(4,5)22-6)19-10-14-8-12(2)15(21)13(3)9-14;/h8-9,21H,7,10-11H2,1-6H3,(H2,18,19,20);1H. The number of guanidine groups is 1. The first-order valence-electron chi connectivity index (χ1n) is 7.65. The van der Waals surface area contributed by atoms with Crippen LogP contribution in [0.25, 0.3) is 0 Å². The highest BCUT2D eigenvalue weighted by molar-refractivity contribution is 14.0. The summed E-state index contributed by atoms with van der Waals surface area (Å²) in [4.78, 5) is 4.59. The Bertz CT molecular complexity index is 508. The van der Waals surface area contributed by atoms with Crippen LogP contribution in [0, 0.1) is 13.8 Å². The van der Waals surface area contributed by atoms with Gasteiger partial charge in [0.2, 0.25) is 0 Å². The summed E-state index contributed by atoms with van der Waals surface area (Å²) in [6, 6.07) is 3.93. The molecule has 23 heavy (non-hydrogen) atoms. The maximum atomic E-state index is 9.82. The number of aliphatic imine (C=N–C) groups is 1. The van der Waals surface area contributed by atoms with Crippen molar-refractivity contribution in [1.82, 2.24) is 10.6 Å². The predicted octanol–water partition coefficient (Wildman–Crippen LogP) is 3.11. The smallest absolute Gasteiger partial charge is 0.191 e. The number of methoxy groups -OCH3 is 1. The van der Waals surface area contributed by atoms with Crippen molar-refractivity contribution < 1.29 is 9.84 Å². The molecule has 0 fully saturated rings. The predicted molar refractivity (Wildman–Crippen MR) is 107 cm³/mol. The molecule has 132 valence electrons. The molecule has 0 heterocycles. The van der Waals surface area contributed by atoms with Gasteiger partial charge in [-0.05, 0) is 51.3 Å². The van der Waals surface area contributed by atoms with Crippen LogP contribution in [0.2, 0.25) is 0 Å². The minimum Gasteiger partial charge on any atom is -0.507 e. The quantitative estimate of drug-likeness (QED) is 0.365. The van der Waals surface area contributed by atoms with E-state index in [0.29, 0.717) is 18.8 Å². The van der Waals surface area contributed by atoms with Crippen molar-refractivity contribution in [3.63, 3.8) is 0 Å². The number of benzene rings is 1. The van der Waals surface area contributed by atoms with Gasteiger partial charge in [0.1, 0.15) is 5.75 Å². The first-order chi connectivity index (χ1) is 10.3. The molecule has 1 rings (SSSR count). The summed E-state index contributed by atoms with van der Waals surface area (Å²) in [6.07, 6.45) is 0. The van der Waals surface area contributed by atoms with Gasteiger partial charge in [0.25, 0.3) is 0 Å². The third kappa shape index (κ3) is 7.39. The van der Waals surface area contributed by atoms with E-state index < -0.39 is 0 Å². The van der Waals surface area contributed by atoms with Crippen LogP contribution in [0.3, 0.4) is 0 Å². The SMILES string of the molecule is CCNC(=NCc1cc(C)c(O)c(C)c1)NCC(C)(C)OC.I. The minimum absolute atomic E-state index is 0. The molecule has 0 saturated heterocycles. The molecule has 0 aliphatic heterocycles. The van der Waals surface area contributed by atoms with Gasteiger partial charge in [-0.25, -0.2) is 4.99 Å². The molecule has 5 nitrogen and oxygen atoms in total. The Morgan fingerprint density at radius 2 is 1.78 bits per heavy atom. The van der Waals surface area contributed by atoms with Crippen molar-refractivity contribution in [2.45, 2.75) is 46.8 Å². The molecule has 0 saturated carbocycles. The largest absolute Gasteiger partial charge is 0.507 e. The van der Waals surface area contributed by atoms with E-state index in [0.717, 1.165) is 29.2 Å². The molecule has 0 bridgehead atoms. The summed E-state index contributed by atoms with van der Waals surface area (Å²) in [6.45, 7) is 11.9. The van der Waals surface area contributed by atoms with Gasteiger partial charge in [-0.3, -0.25) is 0 Å². The van der Waals surface area contributed by atoms with Gasteiger partial charge in [0.15, 0.2) is 5.96 Å². The van der Waals surface area contributed by atoms with Gasteiger partial charge in [0.05, 0.1) is 12.1 Å². The Hall–Kier alpha value is -1.02. The van der Waals surface area contributed by atoms with Crippen LogP contribution >= 0.6 is 24.0 Å². The van der Waals surface area contributed by atoms with E-state index in [1.54, 1.807) is 7.11 Å². The fourth-order valence-corrected chi connectivity index (χ4v) is 2.02. The lowest BCUT2D eigenvalue weighted by atomic mass is 10.1. The summed E-state index contributed by atoms with van der Waals surface area (Å²) in [5.41, 5.74) is 2.59. The Morgan fingerprint density at radius 1 is 1.22 bits per heavy atom. The number of hydrogen-bond acceptors (Lipinski definition) is 3. The number of aryl methyl sites for hydroxylation is 2. The summed E-state index contributed by atoms with van der Waals surface area (Å²) < 4.78 is 5.40. The van der Waals surface area contributed by atoms with E-state index in [4.69, 9.17) is 4.74 Å². The minimum atomic E-state index is -0.248. The van der Waals surface area contributed by atoms with Gasteiger partial charge < -0.3 is 20.5 Å². The zero-order chi connectivity index (χ0) is 16.8. The monoisotopic (exact) mass is 435 g/mol. The molecule has 3 N–H and O–H groups in total. The van der Waals surface area contributed by atoms with Crippen LogP contribution in [0.5, 0.6) is 5.75 Å². The highest BCUT2D eigenvalue weighted by Crippen LogP contribution is 2.23. The Kier molecular flexibility index (Phi) is 9.53. The number of rotatable bonds is 6. The van der Waals surface area contributed by atoms with Crippen molar-refractivity contribution in [1.29, 1.82) is 0 Å². The molecule has 0 atom stereocenters. The van der Waals surface area contributed by atoms with E-state index in [2.05, 4.69) is 15.6 Å². The van der Waals surface area contributed by atoms with E-state index in [9.17, 15) is 5.11 Å². The van der Waals surface area contributed by atoms with Crippen LogP contribution in [-0.4, -0.2) is 36.9 Å². The number of phenolic OH excluding ortho intramolecular Hbond substituents is 1. The summed E-state index contributed by atoms with van der Waals surface area (Å²) in [5.74, 6) is 1.12. The third-order valence-electron chi connectivity index (χ3n) is 3.55. The number of ether oxygens (including phenoxy) is 1. The molecule has 0 aliphatic carbocycles. The van der Waals surface area contributed by atoms with Crippen molar-refractivity contribution in [2.24, 2.45) is 4.99 Å². The average Bonchev–Trinajstić information content (AvgIpc) is 2.47. The molecular weight excluding hydrogens is 405 g/mol. The number of halogens is 1. The van der Waals surface area contributed by atoms with E-state index >= 15 is 0 Å². The Balaban J connectivity index is 0.00000484. The van der Waals surface area contributed by atoms with Crippen LogP contribution in [0.15, 0.2) is 17.1 Å². The van der Waals surface area contributed by atoms with Crippen molar-refractivity contribution in [3.05, 3.63) is 28.8 Å². The second kappa shape index (κ2) is 9.97. The normalized spacial score (nSPS) is 11.8. The number of aromatic hydroxyl groups is 1. The molecular formula is C17H30IN3O2. The summed E-state index contributed by atoms with van der Waals surface area (Å²) >= 11 is 0. The van der Waals surface area contributed by atoms with Crippen LogP contribution in [0.1, 0.15) is 37.5 Å². The molecule has 6 heteroatoms. The second-order valence-corrected chi connectivity index (χ2v) is 6.09. The Morgan fingerprint density at radius 3 is 2.26 bits per heavy atom. The van der Waals surface area contributed by atoms with Crippen molar-refractivity contribution >= 4 is 29.9 Å². The highest BCUT2D eigenvalue weighted by Gasteiger charge is 2.16. The topological polar surface area (TPSA) is 65.9 Å². The van der Waals surface area contributed by atoms with E-state index in [1.807, 2.05) is 46.8 Å². The van der Waals surface area contributed by atoms with E-state index in [1.165, 1.54) is 0 Å². The van der Waals surface area contributed by atoms with Crippen LogP contribution in [0.4, 0.5) is 0 Å². The van der Waals surface area contributed by atoms with Gasteiger partial charge >= 0.3 is 0 Å². The molecule has 0 spiro atoms. The lowest BCUT2D eigenvalue weighted by molar-refractivity contribution is 0.0268. The average molecular weight is 435 g/mol. The van der Waals surface area contributed by atoms with E-state index in [-0.39, 0.29) is 29.6 Å². The van der Waals surface area contributed by atoms with Crippen LogP contribution in [-0.2, 0) is 11.3 Å². The first-order valence-corrected chi connectivity index (χ1v) is 7.65. The van der Waals surface area contributed by atoms with Gasteiger partial charge in [-0.15, -0.1) is 24.0 Å². The van der Waals surface area contributed by atoms with Crippen molar-refractivity contribution in [2.75, 3.05) is 20.2 Å². The van der Waals surface area contributed by atoms with Crippen LogP contribution < -0.4 is 10.6 Å². The zero-order valence-corrected chi connectivity index (χ0v) is 17.3. The Labute approximate surface area is 156 Å². The maximum Gasteiger partial charge on any atom is 0.191 e. The van der Waals surface area contributed by atoms with Gasteiger partial charge in [-0.1, -0.05) is 12.1 Å². The molecule has 1 aromatic rings. The molecule has 1 aromatic carbocycles. The lowest BCUT2D eigenvalue weighted by Gasteiger charge is -2.24. The lowest BCUT2D eigenvalue weighted by Crippen LogP contribution is -2.45. The van der Waals surface area contributed by atoms with Gasteiger partial charge in [-0.2, -0.15) is 0 Å². The number of phenols is 1. The summed E-state index contributed by atoms with van der Waals surface area (Å²) in [5, 5.41) is 16.3. The fraction of sp³-hybridized carbons (Fsp3) is 0.588. The first kappa shape index (κ1) is 22.0. The fourth-order valence-electron chi connectivity index (χ4n) is 2.02. The molecule has 0 aromatic heterocycles. The van der Waals surface area contributed by atoms with Gasteiger partial charge in [0, 0.05) is 20.2 Å². The van der Waals surface area contributed by atoms with Crippen molar-refractivity contribution in [3.8, 4) is 5.75 Å². The second-order valence-electron chi connectivity index (χ2n) is 6.09. The number of hydrogen-bond donors (Lipinski definition) is 3. The maximum absolute atomic E-state index is 9.82. The zero-order valence-electron chi connectivity index (χ0n) is 15.0. The highest BCUT2D eigenvalue weighted by atomic mass is 127. The molecule has 0 radical (unpaired) electrons. The number of nitrogens with one attached hydrogen (secondary N) is 2.